The molecule has 0 radical (unpaired) electrons. The maximum Gasteiger partial charge on any atom is 0.0865 e. The predicted molar refractivity (Wildman–Crippen MR) is 28.7 cm³/mol. The summed E-state index contributed by atoms with van der Waals surface area (Å²) in [5, 5.41) is 19.6. The smallest absolute Gasteiger partial charge is 0.0865 e. The number of nitrogens with zero attached hydrogens (tertiary/aromatic N) is 2. The Hall–Kier alpha value is -0.590. The fraction of sp³-hybridized carbons (Fsp3) is 0.800. The third kappa shape index (κ3) is 0.808. The standard InChI is InChI=1S/C5H7N2O/c6-4-5-2-1-3-7(5)8/h5H,1-3H2/q-1. The number of rotatable bonds is 0. The normalized spacial score (nSPS) is 30.2. The van der Waals surface area contributed by atoms with Crippen molar-refractivity contribution < 1.29 is 0 Å². The van der Waals surface area contributed by atoms with E-state index >= 15 is 0 Å². The average Bonchev–Trinajstić information content (AvgIpc) is 2.14. The molecule has 3 nitrogen and oxygen atoms in total. The summed E-state index contributed by atoms with van der Waals surface area (Å²) in [4.78, 5) is 0. The van der Waals surface area contributed by atoms with Gasteiger partial charge >= 0.3 is 0 Å². The summed E-state index contributed by atoms with van der Waals surface area (Å²) >= 11 is 0. The highest BCUT2D eigenvalue weighted by atomic mass is 16.5. The van der Waals surface area contributed by atoms with Crippen molar-refractivity contribution in [1.82, 2.24) is 5.06 Å². The van der Waals surface area contributed by atoms with Crippen molar-refractivity contribution >= 4 is 0 Å². The van der Waals surface area contributed by atoms with Crippen molar-refractivity contribution in [2.24, 2.45) is 0 Å². The van der Waals surface area contributed by atoms with Crippen LogP contribution in [0.2, 0.25) is 0 Å². The van der Waals surface area contributed by atoms with E-state index in [1.165, 1.54) is 0 Å². The number of nitriles is 1. The van der Waals surface area contributed by atoms with Gasteiger partial charge in [0.25, 0.3) is 0 Å². The van der Waals surface area contributed by atoms with Crippen molar-refractivity contribution in [3.63, 3.8) is 0 Å². The lowest BCUT2D eigenvalue weighted by Crippen LogP contribution is -2.20. The summed E-state index contributed by atoms with van der Waals surface area (Å²) in [6, 6.07) is 1.58. The molecule has 1 aliphatic heterocycles. The SMILES string of the molecule is N#CC1CCCN1[O-]. The lowest BCUT2D eigenvalue weighted by molar-refractivity contribution is 0.410. The average molecular weight is 111 g/mol. The Bertz CT molecular complexity index is 118. The van der Waals surface area contributed by atoms with E-state index in [1.54, 1.807) is 0 Å². The Morgan fingerprint density at radius 1 is 1.75 bits per heavy atom. The van der Waals surface area contributed by atoms with Crippen LogP contribution in [-0.4, -0.2) is 17.6 Å². The van der Waals surface area contributed by atoms with Crippen molar-refractivity contribution in [2.45, 2.75) is 18.9 Å². The van der Waals surface area contributed by atoms with Crippen LogP contribution in [0.5, 0.6) is 0 Å². The Labute approximate surface area is 48.1 Å². The Morgan fingerprint density at radius 3 is 2.75 bits per heavy atom. The van der Waals surface area contributed by atoms with Crippen molar-refractivity contribution in [1.29, 1.82) is 5.26 Å². The molecular weight excluding hydrogens is 104 g/mol. The van der Waals surface area contributed by atoms with Crippen LogP contribution in [0.1, 0.15) is 12.8 Å². The molecule has 1 fully saturated rings. The van der Waals surface area contributed by atoms with Gasteiger partial charge in [-0.3, -0.25) is 0 Å². The third-order valence-electron chi connectivity index (χ3n) is 1.35. The van der Waals surface area contributed by atoms with E-state index in [0.717, 1.165) is 17.9 Å². The van der Waals surface area contributed by atoms with Crippen LogP contribution in [0.15, 0.2) is 0 Å². The van der Waals surface area contributed by atoms with Gasteiger partial charge < -0.3 is 10.3 Å². The van der Waals surface area contributed by atoms with Crippen LogP contribution < -0.4 is 0 Å². The van der Waals surface area contributed by atoms with E-state index < -0.39 is 0 Å². The van der Waals surface area contributed by atoms with Gasteiger partial charge in [0, 0.05) is 0 Å². The van der Waals surface area contributed by atoms with Gasteiger partial charge in [-0.05, 0) is 19.4 Å². The molecule has 1 unspecified atom stereocenters. The van der Waals surface area contributed by atoms with Crippen molar-refractivity contribution in [3.8, 4) is 6.07 Å². The molecule has 0 aromatic heterocycles. The Balaban J connectivity index is 2.45. The molecule has 1 aliphatic rings. The van der Waals surface area contributed by atoms with E-state index in [9.17, 15) is 5.21 Å². The van der Waals surface area contributed by atoms with Crippen LogP contribution >= 0.6 is 0 Å². The maximum atomic E-state index is 10.5. The monoisotopic (exact) mass is 111 g/mol. The molecule has 1 atom stereocenters. The molecule has 1 heterocycles. The second-order valence-corrected chi connectivity index (χ2v) is 1.93. The van der Waals surface area contributed by atoms with Gasteiger partial charge in [0.15, 0.2) is 0 Å². The lowest BCUT2D eigenvalue weighted by atomic mass is 10.2. The van der Waals surface area contributed by atoms with Gasteiger partial charge in [-0.25, -0.2) is 0 Å². The Morgan fingerprint density at radius 2 is 2.50 bits per heavy atom. The van der Waals surface area contributed by atoms with Crippen LogP contribution in [-0.2, 0) is 0 Å². The molecule has 0 aromatic rings. The first kappa shape index (κ1) is 5.54. The summed E-state index contributed by atoms with van der Waals surface area (Å²) in [5.74, 6) is 0. The van der Waals surface area contributed by atoms with Gasteiger partial charge in [0.2, 0.25) is 0 Å². The molecule has 0 aromatic carbocycles. The van der Waals surface area contributed by atoms with Crippen molar-refractivity contribution in [3.05, 3.63) is 5.21 Å². The van der Waals surface area contributed by atoms with E-state index in [4.69, 9.17) is 5.26 Å². The summed E-state index contributed by atoms with van der Waals surface area (Å²) in [7, 11) is 0. The number of hydroxylamine groups is 2. The molecule has 3 heteroatoms. The fourth-order valence-corrected chi connectivity index (χ4v) is 0.869. The highest BCUT2D eigenvalue weighted by Gasteiger charge is 2.14. The van der Waals surface area contributed by atoms with Crippen LogP contribution in [0.3, 0.4) is 0 Å². The summed E-state index contributed by atoms with van der Waals surface area (Å²) in [6.45, 7) is 0.540. The zero-order valence-corrected chi connectivity index (χ0v) is 4.50. The number of hydrogen-bond acceptors (Lipinski definition) is 3. The van der Waals surface area contributed by atoms with E-state index in [1.807, 2.05) is 6.07 Å². The maximum absolute atomic E-state index is 10.5. The second-order valence-electron chi connectivity index (χ2n) is 1.93. The highest BCUT2D eigenvalue weighted by Crippen LogP contribution is 2.13. The molecule has 8 heavy (non-hydrogen) atoms. The zero-order chi connectivity index (χ0) is 5.98. The van der Waals surface area contributed by atoms with E-state index in [2.05, 4.69) is 0 Å². The fourth-order valence-electron chi connectivity index (χ4n) is 0.869. The molecular formula is C5H7N2O-. The van der Waals surface area contributed by atoms with Gasteiger partial charge in [0.05, 0.1) is 12.1 Å². The third-order valence-corrected chi connectivity index (χ3v) is 1.35. The molecule has 1 saturated heterocycles. The quantitative estimate of drug-likeness (QED) is 0.456. The van der Waals surface area contributed by atoms with E-state index in [0.29, 0.717) is 6.54 Å². The first-order valence-electron chi connectivity index (χ1n) is 2.68. The van der Waals surface area contributed by atoms with Crippen LogP contribution in [0.25, 0.3) is 0 Å². The zero-order valence-electron chi connectivity index (χ0n) is 4.50. The molecule has 0 spiro atoms. The Kier molecular flexibility index (Phi) is 1.47. The predicted octanol–water partition coefficient (Wildman–Crippen LogP) is 0.472. The van der Waals surface area contributed by atoms with Gasteiger partial charge in [-0.15, -0.1) is 0 Å². The molecule has 44 valence electrons. The summed E-state index contributed by atoms with van der Waals surface area (Å²) in [6.07, 6.45) is 1.63. The number of hydrogen-bond donors (Lipinski definition) is 0. The van der Waals surface area contributed by atoms with Crippen molar-refractivity contribution in [2.75, 3.05) is 6.54 Å². The molecule has 0 amide bonds. The van der Waals surface area contributed by atoms with Gasteiger partial charge in [-0.1, -0.05) is 0 Å². The molecule has 0 saturated carbocycles. The van der Waals surface area contributed by atoms with E-state index in [-0.39, 0.29) is 6.04 Å². The first-order chi connectivity index (χ1) is 3.84. The first-order valence-corrected chi connectivity index (χ1v) is 2.68. The van der Waals surface area contributed by atoms with Crippen LogP contribution in [0.4, 0.5) is 0 Å². The molecule has 0 bridgehead atoms. The minimum atomic E-state index is -0.352. The van der Waals surface area contributed by atoms with Gasteiger partial charge in [0.1, 0.15) is 0 Å². The topological polar surface area (TPSA) is 50.1 Å². The largest absolute Gasteiger partial charge is 0.784 e. The molecule has 1 rings (SSSR count). The van der Waals surface area contributed by atoms with Crippen LogP contribution in [0, 0.1) is 16.5 Å². The summed E-state index contributed by atoms with van der Waals surface area (Å²) in [5.41, 5.74) is 0. The minimum Gasteiger partial charge on any atom is -0.784 e. The molecule has 0 N–H and O–H groups in total. The second kappa shape index (κ2) is 2.12. The highest BCUT2D eigenvalue weighted by molar-refractivity contribution is 4.95. The summed E-state index contributed by atoms with van der Waals surface area (Å²) < 4.78 is 0. The minimum absolute atomic E-state index is 0.352. The van der Waals surface area contributed by atoms with Gasteiger partial charge in [-0.2, -0.15) is 5.26 Å². The lowest BCUT2D eigenvalue weighted by Gasteiger charge is -2.23. The molecule has 0 aliphatic carbocycles.